The van der Waals surface area contributed by atoms with E-state index < -0.39 is 0 Å². The van der Waals surface area contributed by atoms with E-state index in [1.807, 2.05) is 0 Å². The minimum Gasteiger partial charge on any atom is -0.493 e. The molecule has 7 N–H and O–H groups in total. The van der Waals surface area contributed by atoms with Crippen molar-refractivity contribution < 1.29 is 14.2 Å². The third kappa shape index (κ3) is 3.62. The molecule has 0 saturated heterocycles. The molecule has 0 aliphatic heterocycles. The van der Waals surface area contributed by atoms with E-state index in [-0.39, 0.29) is 5.95 Å². The number of benzene rings is 1. The highest BCUT2D eigenvalue weighted by atomic mass is 16.5. The number of anilines is 4. The van der Waals surface area contributed by atoms with E-state index in [4.69, 9.17) is 25.9 Å². The molecule has 0 amide bonds. The van der Waals surface area contributed by atoms with Gasteiger partial charge in [0, 0.05) is 23.9 Å². The van der Waals surface area contributed by atoms with Gasteiger partial charge in [-0.3, -0.25) is 0 Å². The zero-order valence-electron chi connectivity index (χ0n) is 13.0. The minimum atomic E-state index is 0.280. The van der Waals surface area contributed by atoms with Gasteiger partial charge in [-0.1, -0.05) is 0 Å². The molecule has 1 heterocycles. The maximum atomic E-state index is 5.37. The molecule has 0 fully saturated rings. The molecule has 0 atom stereocenters. The van der Waals surface area contributed by atoms with Crippen molar-refractivity contribution >= 4 is 23.3 Å². The number of ether oxygens (including phenoxy) is 3. The molecule has 0 bridgehead atoms. The van der Waals surface area contributed by atoms with E-state index in [2.05, 4.69) is 26.1 Å². The number of methoxy groups -OCH3 is 3. The average molecular weight is 321 g/mol. The summed E-state index contributed by atoms with van der Waals surface area (Å²) in [6, 6.07) is 5.01. The summed E-state index contributed by atoms with van der Waals surface area (Å²) in [7, 11) is 4.60. The SMILES string of the molecule is COc1cc(Nc2nc(NN)cc(NN)n2)cc(OC)c1OC. The predicted octanol–water partition coefficient (Wildman–Crippen LogP) is 0.817. The number of hydrazine groups is 2. The van der Waals surface area contributed by atoms with Crippen molar-refractivity contribution in [1.82, 2.24) is 9.97 Å². The second-order valence-electron chi connectivity index (χ2n) is 4.29. The third-order valence-electron chi connectivity index (χ3n) is 2.94. The fourth-order valence-corrected chi connectivity index (χ4v) is 1.93. The molecular formula is C13H19N7O3. The van der Waals surface area contributed by atoms with Crippen molar-refractivity contribution in [1.29, 1.82) is 0 Å². The van der Waals surface area contributed by atoms with Crippen molar-refractivity contribution in [3.05, 3.63) is 18.2 Å². The van der Waals surface area contributed by atoms with Gasteiger partial charge in [0.25, 0.3) is 0 Å². The minimum absolute atomic E-state index is 0.280. The Morgan fingerprint density at radius 1 is 0.826 bits per heavy atom. The standard InChI is InChI=1S/C13H19N7O3/c1-21-8-4-7(5-9(22-2)12(8)23-3)16-13-17-10(19-14)6-11(18-13)20-15/h4-6H,14-15H2,1-3H3,(H3,16,17,18,19,20). The lowest BCUT2D eigenvalue weighted by molar-refractivity contribution is 0.324. The maximum Gasteiger partial charge on any atom is 0.231 e. The van der Waals surface area contributed by atoms with E-state index in [1.165, 1.54) is 21.3 Å². The summed E-state index contributed by atoms with van der Waals surface area (Å²) < 4.78 is 15.9. The van der Waals surface area contributed by atoms with Gasteiger partial charge in [0.15, 0.2) is 11.5 Å². The van der Waals surface area contributed by atoms with Gasteiger partial charge in [-0.25, -0.2) is 11.7 Å². The summed E-state index contributed by atoms with van der Waals surface area (Å²) >= 11 is 0. The number of hydrogen-bond donors (Lipinski definition) is 5. The van der Waals surface area contributed by atoms with Gasteiger partial charge >= 0.3 is 0 Å². The first-order chi connectivity index (χ1) is 11.1. The predicted molar refractivity (Wildman–Crippen MR) is 87.0 cm³/mol. The van der Waals surface area contributed by atoms with Crippen LogP contribution in [0.15, 0.2) is 18.2 Å². The van der Waals surface area contributed by atoms with E-state index in [0.29, 0.717) is 34.6 Å². The van der Waals surface area contributed by atoms with Crippen LogP contribution in [-0.4, -0.2) is 31.3 Å². The Balaban J connectivity index is 2.40. The quantitative estimate of drug-likeness (QED) is 0.367. The van der Waals surface area contributed by atoms with Crippen LogP contribution in [-0.2, 0) is 0 Å². The first-order valence-electron chi connectivity index (χ1n) is 6.54. The number of aromatic nitrogens is 2. The van der Waals surface area contributed by atoms with Crippen LogP contribution in [0.25, 0.3) is 0 Å². The number of rotatable bonds is 7. The molecule has 1 aromatic carbocycles. The monoisotopic (exact) mass is 321 g/mol. The van der Waals surface area contributed by atoms with Gasteiger partial charge in [-0.2, -0.15) is 9.97 Å². The summed E-state index contributed by atoms with van der Waals surface area (Å²) in [5.74, 6) is 13.3. The molecule has 0 radical (unpaired) electrons. The number of nitrogen functional groups attached to an aromatic ring is 2. The molecule has 2 aromatic rings. The lowest BCUT2D eigenvalue weighted by atomic mass is 10.2. The van der Waals surface area contributed by atoms with Crippen LogP contribution in [0.5, 0.6) is 17.2 Å². The molecule has 0 aliphatic carbocycles. The number of nitrogens with one attached hydrogen (secondary N) is 3. The van der Waals surface area contributed by atoms with Crippen LogP contribution < -0.4 is 42.1 Å². The van der Waals surface area contributed by atoms with Gasteiger partial charge in [-0.05, 0) is 0 Å². The molecule has 10 nitrogen and oxygen atoms in total. The van der Waals surface area contributed by atoms with Crippen LogP contribution in [0.3, 0.4) is 0 Å². The van der Waals surface area contributed by atoms with Crippen LogP contribution in [0.2, 0.25) is 0 Å². The maximum absolute atomic E-state index is 5.37. The Kier molecular flexibility index (Phi) is 5.23. The van der Waals surface area contributed by atoms with Crippen molar-refractivity contribution in [3.63, 3.8) is 0 Å². The lowest BCUT2D eigenvalue weighted by Crippen LogP contribution is -2.14. The van der Waals surface area contributed by atoms with Gasteiger partial charge in [0.2, 0.25) is 11.7 Å². The largest absolute Gasteiger partial charge is 0.493 e. The fraction of sp³-hybridized carbons (Fsp3) is 0.231. The van der Waals surface area contributed by atoms with E-state index in [9.17, 15) is 0 Å². The fourth-order valence-electron chi connectivity index (χ4n) is 1.93. The van der Waals surface area contributed by atoms with Crippen molar-refractivity contribution in [2.24, 2.45) is 11.7 Å². The molecule has 0 unspecified atom stereocenters. The zero-order valence-corrected chi connectivity index (χ0v) is 13.0. The van der Waals surface area contributed by atoms with Crippen LogP contribution in [0.1, 0.15) is 0 Å². The van der Waals surface area contributed by atoms with E-state index >= 15 is 0 Å². The van der Waals surface area contributed by atoms with Crippen LogP contribution >= 0.6 is 0 Å². The van der Waals surface area contributed by atoms with Crippen LogP contribution in [0.4, 0.5) is 23.3 Å². The molecule has 0 spiro atoms. The molecule has 124 valence electrons. The summed E-state index contributed by atoms with van der Waals surface area (Å²) in [4.78, 5) is 8.36. The molecule has 23 heavy (non-hydrogen) atoms. The van der Waals surface area contributed by atoms with E-state index in [1.54, 1.807) is 18.2 Å². The topological polar surface area (TPSA) is 142 Å². The van der Waals surface area contributed by atoms with Crippen molar-refractivity contribution in [2.45, 2.75) is 0 Å². The Hall–Kier alpha value is -2.98. The molecule has 0 aliphatic rings. The van der Waals surface area contributed by atoms with Gasteiger partial charge in [-0.15, -0.1) is 0 Å². The smallest absolute Gasteiger partial charge is 0.231 e. The average Bonchev–Trinajstić information content (AvgIpc) is 2.60. The molecule has 2 rings (SSSR count). The second-order valence-corrected chi connectivity index (χ2v) is 4.29. The number of hydrogen-bond acceptors (Lipinski definition) is 10. The highest BCUT2D eigenvalue weighted by Crippen LogP contribution is 2.40. The molecule has 10 heteroatoms. The van der Waals surface area contributed by atoms with E-state index in [0.717, 1.165) is 0 Å². The van der Waals surface area contributed by atoms with Gasteiger partial charge in [0.05, 0.1) is 21.3 Å². The second kappa shape index (κ2) is 7.33. The van der Waals surface area contributed by atoms with Gasteiger partial charge < -0.3 is 30.4 Å². The molecule has 1 aromatic heterocycles. The summed E-state index contributed by atoms with van der Waals surface area (Å²) in [5, 5.41) is 3.03. The van der Waals surface area contributed by atoms with Crippen molar-refractivity contribution in [2.75, 3.05) is 37.5 Å². The van der Waals surface area contributed by atoms with Crippen molar-refractivity contribution in [3.8, 4) is 17.2 Å². The summed E-state index contributed by atoms with van der Waals surface area (Å²) in [5.41, 5.74) is 5.51. The first kappa shape index (κ1) is 16.4. The summed E-state index contributed by atoms with van der Waals surface area (Å²) in [6.07, 6.45) is 0. The molecular weight excluding hydrogens is 302 g/mol. The third-order valence-corrected chi connectivity index (χ3v) is 2.94. The highest BCUT2D eigenvalue weighted by molar-refractivity contribution is 5.66. The summed E-state index contributed by atoms with van der Waals surface area (Å²) in [6.45, 7) is 0. The Bertz CT molecular complexity index is 633. The Labute approximate surface area is 133 Å². The highest BCUT2D eigenvalue weighted by Gasteiger charge is 2.14. The zero-order chi connectivity index (χ0) is 16.8. The normalized spacial score (nSPS) is 9.96. The number of nitrogens with zero attached hydrogens (tertiary/aromatic N) is 2. The van der Waals surface area contributed by atoms with Gasteiger partial charge in [0.1, 0.15) is 11.6 Å². The first-order valence-corrected chi connectivity index (χ1v) is 6.54. The lowest BCUT2D eigenvalue weighted by Gasteiger charge is -2.15. The Morgan fingerprint density at radius 2 is 1.35 bits per heavy atom. The Morgan fingerprint density at radius 3 is 1.74 bits per heavy atom. The van der Waals surface area contributed by atoms with Crippen LogP contribution in [0, 0.1) is 0 Å². The number of nitrogens with two attached hydrogens (primary N) is 2. The molecule has 0 saturated carbocycles.